The first-order valence-electron chi connectivity index (χ1n) is 8.25. The Morgan fingerprint density at radius 2 is 1.56 bits per heavy atom. The molecule has 3 N–H and O–H groups in total. The van der Waals surface area contributed by atoms with E-state index in [9.17, 15) is 4.79 Å². The second kappa shape index (κ2) is 7.62. The minimum atomic E-state index is -0.210. The topological polar surface area (TPSA) is 68.0 Å². The molecule has 0 radical (unpaired) electrons. The zero-order valence-corrected chi connectivity index (χ0v) is 14.2. The number of carbonyl (C=O) groups excluding carboxylic acids is 1. The maximum atomic E-state index is 12.2. The largest absolute Gasteiger partial charge is 0.383 e. The van der Waals surface area contributed by atoms with Gasteiger partial charge in [-0.25, -0.2) is 4.98 Å². The van der Waals surface area contributed by atoms with Crippen LogP contribution >= 0.6 is 0 Å². The third-order valence-corrected chi connectivity index (χ3v) is 4.04. The predicted octanol–water partition coefficient (Wildman–Crippen LogP) is 3.49. The second-order valence-corrected chi connectivity index (χ2v) is 6.05. The first kappa shape index (κ1) is 16.7. The Hall–Kier alpha value is -3.14. The van der Waals surface area contributed by atoms with Crippen LogP contribution < -0.4 is 11.1 Å². The van der Waals surface area contributed by atoms with Crippen molar-refractivity contribution in [2.75, 3.05) is 5.73 Å². The Labute approximate surface area is 147 Å². The molecule has 3 aromatic rings. The first-order valence-corrected chi connectivity index (χ1v) is 8.25. The van der Waals surface area contributed by atoms with E-state index in [1.807, 2.05) is 37.3 Å². The minimum Gasteiger partial charge on any atom is -0.383 e. The van der Waals surface area contributed by atoms with Crippen LogP contribution in [-0.4, -0.2) is 10.9 Å². The number of hydrogen-bond acceptors (Lipinski definition) is 3. The van der Waals surface area contributed by atoms with E-state index in [1.165, 1.54) is 11.1 Å². The highest BCUT2D eigenvalue weighted by Crippen LogP contribution is 2.12. The molecule has 0 aliphatic carbocycles. The van der Waals surface area contributed by atoms with Crippen molar-refractivity contribution in [1.29, 1.82) is 0 Å². The van der Waals surface area contributed by atoms with Crippen LogP contribution in [-0.2, 0) is 13.0 Å². The van der Waals surface area contributed by atoms with E-state index in [0.717, 1.165) is 17.7 Å². The van der Waals surface area contributed by atoms with Crippen molar-refractivity contribution in [2.24, 2.45) is 0 Å². The van der Waals surface area contributed by atoms with Crippen LogP contribution in [0.2, 0.25) is 0 Å². The van der Waals surface area contributed by atoms with Crippen LogP contribution in [0.15, 0.2) is 66.7 Å². The van der Waals surface area contributed by atoms with Crippen LogP contribution in [0, 0.1) is 6.92 Å². The summed E-state index contributed by atoms with van der Waals surface area (Å²) >= 11 is 0. The molecular formula is C21H21N3O. The number of aromatic nitrogens is 1. The number of nitrogens with one attached hydrogen (secondary N) is 1. The number of hydrogen-bond donors (Lipinski definition) is 2. The van der Waals surface area contributed by atoms with Gasteiger partial charge >= 0.3 is 0 Å². The van der Waals surface area contributed by atoms with Gasteiger partial charge in [-0.2, -0.15) is 0 Å². The van der Waals surface area contributed by atoms with Gasteiger partial charge in [0.05, 0.1) is 5.56 Å². The lowest BCUT2D eigenvalue weighted by Gasteiger charge is -2.08. The van der Waals surface area contributed by atoms with Crippen molar-refractivity contribution in [3.63, 3.8) is 0 Å². The third-order valence-electron chi connectivity index (χ3n) is 4.04. The number of nitrogens with zero attached hydrogens (tertiary/aromatic N) is 1. The summed E-state index contributed by atoms with van der Waals surface area (Å²) in [5.41, 5.74) is 10.6. The number of rotatable bonds is 5. The van der Waals surface area contributed by atoms with E-state index in [1.54, 1.807) is 12.1 Å². The molecule has 3 rings (SSSR count). The zero-order valence-electron chi connectivity index (χ0n) is 14.2. The maximum Gasteiger partial charge on any atom is 0.255 e. The fourth-order valence-corrected chi connectivity index (χ4v) is 2.65. The lowest BCUT2D eigenvalue weighted by molar-refractivity contribution is 0.0951. The molecule has 0 atom stereocenters. The average molecular weight is 331 g/mol. The molecule has 0 unspecified atom stereocenters. The number of anilines is 1. The monoisotopic (exact) mass is 331 g/mol. The van der Waals surface area contributed by atoms with Gasteiger partial charge in [-0.3, -0.25) is 4.79 Å². The molecule has 0 aliphatic rings. The van der Waals surface area contributed by atoms with Crippen LogP contribution in [0.4, 0.5) is 5.82 Å². The standard InChI is InChI=1S/C21H21N3O/c1-15-7-12-19(20(22)24-15)21(25)23-14-18-10-8-17(9-11-18)13-16-5-3-2-4-6-16/h2-12H,13-14H2,1H3,(H2,22,24)(H,23,25). The number of carbonyl (C=O) groups is 1. The third kappa shape index (κ3) is 4.44. The summed E-state index contributed by atoms with van der Waals surface area (Å²) in [5.74, 6) is 0.0501. The average Bonchev–Trinajstić information content (AvgIpc) is 2.62. The lowest BCUT2D eigenvalue weighted by Crippen LogP contribution is -2.24. The molecular weight excluding hydrogens is 310 g/mol. The summed E-state index contributed by atoms with van der Waals surface area (Å²) in [6.07, 6.45) is 0.902. The van der Waals surface area contributed by atoms with Crippen LogP contribution in [0.3, 0.4) is 0 Å². The van der Waals surface area contributed by atoms with Crippen molar-refractivity contribution >= 4 is 11.7 Å². The molecule has 1 aromatic heterocycles. The van der Waals surface area contributed by atoms with Crippen molar-refractivity contribution in [3.05, 3.63) is 94.7 Å². The SMILES string of the molecule is Cc1ccc(C(=O)NCc2ccc(Cc3ccccc3)cc2)c(N)n1. The number of aryl methyl sites for hydroxylation is 1. The van der Waals surface area contributed by atoms with Crippen LogP contribution in [0.5, 0.6) is 0 Å². The van der Waals surface area contributed by atoms with E-state index < -0.39 is 0 Å². The van der Waals surface area contributed by atoms with E-state index in [2.05, 4.69) is 34.6 Å². The van der Waals surface area contributed by atoms with Crippen LogP contribution in [0.1, 0.15) is 32.7 Å². The van der Waals surface area contributed by atoms with Crippen LogP contribution in [0.25, 0.3) is 0 Å². The quantitative estimate of drug-likeness (QED) is 0.752. The predicted molar refractivity (Wildman–Crippen MR) is 100 cm³/mol. The number of pyridine rings is 1. The summed E-state index contributed by atoms with van der Waals surface area (Å²) in [4.78, 5) is 16.3. The van der Waals surface area contributed by atoms with Gasteiger partial charge in [0, 0.05) is 12.2 Å². The van der Waals surface area contributed by atoms with Crippen molar-refractivity contribution < 1.29 is 4.79 Å². The van der Waals surface area contributed by atoms with Gasteiger partial charge in [0.1, 0.15) is 5.82 Å². The highest BCUT2D eigenvalue weighted by Gasteiger charge is 2.10. The number of nitrogen functional groups attached to an aromatic ring is 1. The van der Waals surface area contributed by atoms with Gasteiger partial charge in [-0.15, -0.1) is 0 Å². The Bertz CT molecular complexity index is 858. The molecule has 0 aliphatic heterocycles. The van der Waals surface area contributed by atoms with E-state index >= 15 is 0 Å². The molecule has 4 nitrogen and oxygen atoms in total. The highest BCUT2D eigenvalue weighted by molar-refractivity contribution is 5.98. The molecule has 0 fully saturated rings. The van der Waals surface area contributed by atoms with Gasteiger partial charge < -0.3 is 11.1 Å². The molecule has 1 amide bonds. The van der Waals surface area contributed by atoms with Gasteiger partial charge in [0.25, 0.3) is 5.91 Å². The summed E-state index contributed by atoms with van der Waals surface area (Å²) in [6, 6.07) is 22.1. The minimum absolute atomic E-state index is 0.210. The van der Waals surface area contributed by atoms with E-state index in [-0.39, 0.29) is 11.7 Å². The fourth-order valence-electron chi connectivity index (χ4n) is 2.65. The number of benzene rings is 2. The van der Waals surface area contributed by atoms with Crippen molar-refractivity contribution in [3.8, 4) is 0 Å². The molecule has 2 aromatic carbocycles. The summed E-state index contributed by atoms with van der Waals surface area (Å²) in [6.45, 7) is 2.30. The lowest BCUT2D eigenvalue weighted by atomic mass is 10.0. The molecule has 0 saturated carbocycles. The van der Waals surface area contributed by atoms with Gasteiger partial charge in [-0.1, -0.05) is 54.6 Å². The normalized spacial score (nSPS) is 10.4. The van der Waals surface area contributed by atoms with E-state index in [4.69, 9.17) is 5.73 Å². The fraction of sp³-hybridized carbons (Fsp3) is 0.143. The molecule has 1 heterocycles. The van der Waals surface area contributed by atoms with Gasteiger partial charge in [0.15, 0.2) is 0 Å². The summed E-state index contributed by atoms with van der Waals surface area (Å²) in [7, 11) is 0. The van der Waals surface area contributed by atoms with Crippen molar-refractivity contribution in [1.82, 2.24) is 10.3 Å². The first-order chi connectivity index (χ1) is 12.1. The maximum absolute atomic E-state index is 12.2. The summed E-state index contributed by atoms with van der Waals surface area (Å²) < 4.78 is 0. The summed E-state index contributed by atoms with van der Waals surface area (Å²) in [5, 5.41) is 2.89. The van der Waals surface area contributed by atoms with Gasteiger partial charge in [0.2, 0.25) is 0 Å². The number of nitrogens with two attached hydrogens (primary N) is 1. The smallest absolute Gasteiger partial charge is 0.255 e. The van der Waals surface area contributed by atoms with E-state index in [0.29, 0.717) is 12.1 Å². The molecule has 0 spiro atoms. The Balaban J connectivity index is 1.59. The molecule has 0 bridgehead atoms. The Kier molecular flexibility index (Phi) is 5.09. The van der Waals surface area contributed by atoms with Gasteiger partial charge in [-0.05, 0) is 42.2 Å². The number of amides is 1. The Morgan fingerprint density at radius 1 is 0.920 bits per heavy atom. The van der Waals surface area contributed by atoms with Crippen molar-refractivity contribution in [2.45, 2.75) is 19.9 Å². The second-order valence-electron chi connectivity index (χ2n) is 6.05. The zero-order chi connectivity index (χ0) is 17.6. The molecule has 25 heavy (non-hydrogen) atoms. The highest BCUT2D eigenvalue weighted by atomic mass is 16.1. The molecule has 126 valence electrons. The molecule has 0 saturated heterocycles. The Morgan fingerprint density at radius 3 is 2.24 bits per heavy atom. The molecule has 4 heteroatoms.